The van der Waals surface area contributed by atoms with Gasteiger partial charge in [-0.1, -0.05) is 0 Å². The molecule has 1 aromatic rings. The SMILES string of the molecule is CC(O)c1cc(N)c(N)c(F)c1. The highest BCUT2D eigenvalue weighted by Gasteiger charge is 2.08. The summed E-state index contributed by atoms with van der Waals surface area (Å²) in [5.74, 6) is -0.592. The van der Waals surface area contributed by atoms with Crippen molar-refractivity contribution < 1.29 is 9.50 Å². The maximum atomic E-state index is 12.9. The van der Waals surface area contributed by atoms with Crippen LogP contribution in [0.15, 0.2) is 12.1 Å². The van der Waals surface area contributed by atoms with Gasteiger partial charge >= 0.3 is 0 Å². The van der Waals surface area contributed by atoms with Crippen molar-refractivity contribution in [1.82, 2.24) is 0 Å². The Kier molecular flexibility index (Phi) is 2.19. The van der Waals surface area contributed by atoms with Gasteiger partial charge < -0.3 is 16.6 Å². The second kappa shape index (κ2) is 2.98. The number of hydrogen-bond acceptors (Lipinski definition) is 3. The van der Waals surface area contributed by atoms with Crippen molar-refractivity contribution >= 4 is 11.4 Å². The second-order valence-corrected chi connectivity index (χ2v) is 2.68. The minimum Gasteiger partial charge on any atom is -0.397 e. The zero-order chi connectivity index (χ0) is 9.30. The molecule has 3 nitrogen and oxygen atoms in total. The van der Waals surface area contributed by atoms with E-state index in [9.17, 15) is 4.39 Å². The Morgan fingerprint density at radius 2 is 2.00 bits per heavy atom. The molecule has 0 bridgehead atoms. The largest absolute Gasteiger partial charge is 0.397 e. The van der Waals surface area contributed by atoms with E-state index in [1.54, 1.807) is 0 Å². The molecule has 1 aromatic carbocycles. The molecule has 0 aliphatic rings. The lowest BCUT2D eigenvalue weighted by atomic mass is 10.1. The van der Waals surface area contributed by atoms with E-state index < -0.39 is 11.9 Å². The Labute approximate surface area is 69.8 Å². The Bertz CT molecular complexity index is 276. The van der Waals surface area contributed by atoms with Gasteiger partial charge in [-0.3, -0.25) is 0 Å². The quantitative estimate of drug-likeness (QED) is 0.551. The third-order valence-electron chi connectivity index (χ3n) is 1.67. The van der Waals surface area contributed by atoms with Crippen LogP contribution in [0.1, 0.15) is 18.6 Å². The van der Waals surface area contributed by atoms with E-state index in [1.165, 1.54) is 19.1 Å². The van der Waals surface area contributed by atoms with Gasteiger partial charge in [-0.15, -0.1) is 0 Å². The van der Waals surface area contributed by atoms with Crippen LogP contribution in [0, 0.1) is 5.82 Å². The summed E-state index contributed by atoms with van der Waals surface area (Å²) in [7, 11) is 0. The number of hydrogen-bond donors (Lipinski definition) is 3. The molecule has 1 rings (SSSR count). The fraction of sp³-hybridized carbons (Fsp3) is 0.250. The van der Waals surface area contributed by atoms with Gasteiger partial charge in [0.1, 0.15) is 5.82 Å². The fourth-order valence-electron chi connectivity index (χ4n) is 0.902. The lowest BCUT2D eigenvalue weighted by Gasteiger charge is -2.08. The number of rotatable bonds is 1. The number of anilines is 2. The molecule has 0 amide bonds. The van der Waals surface area contributed by atoms with Crippen molar-refractivity contribution in [1.29, 1.82) is 0 Å². The van der Waals surface area contributed by atoms with E-state index in [4.69, 9.17) is 16.6 Å². The first kappa shape index (κ1) is 8.80. The molecule has 0 saturated carbocycles. The number of aliphatic hydroxyl groups excluding tert-OH is 1. The number of nitrogen functional groups attached to an aromatic ring is 2. The van der Waals surface area contributed by atoms with Crippen molar-refractivity contribution in [2.75, 3.05) is 11.5 Å². The normalized spacial score (nSPS) is 12.9. The van der Waals surface area contributed by atoms with Gasteiger partial charge in [0.25, 0.3) is 0 Å². The van der Waals surface area contributed by atoms with Crippen LogP contribution in [0.25, 0.3) is 0 Å². The van der Waals surface area contributed by atoms with E-state index >= 15 is 0 Å². The molecule has 0 aliphatic heterocycles. The molecule has 4 heteroatoms. The Balaban J connectivity index is 3.21. The Morgan fingerprint density at radius 3 is 2.42 bits per heavy atom. The molecular formula is C8H11FN2O. The first-order valence-corrected chi connectivity index (χ1v) is 3.55. The fourth-order valence-corrected chi connectivity index (χ4v) is 0.902. The minimum atomic E-state index is -0.734. The van der Waals surface area contributed by atoms with Crippen LogP contribution in [0.5, 0.6) is 0 Å². The first-order valence-electron chi connectivity index (χ1n) is 3.55. The van der Waals surface area contributed by atoms with Crippen LogP contribution in [0.4, 0.5) is 15.8 Å². The Hall–Kier alpha value is -1.29. The van der Waals surface area contributed by atoms with Gasteiger partial charge in [0, 0.05) is 0 Å². The molecule has 12 heavy (non-hydrogen) atoms. The summed E-state index contributed by atoms with van der Waals surface area (Å²) in [5, 5.41) is 9.10. The van der Waals surface area contributed by atoms with Crippen LogP contribution in [-0.2, 0) is 0 Å². The molecule has 0 heterocycles. The maximum Gasteiger partial charge on any atom is 0.148 e. The minimum absolute atomic E-state index is 0.0700. The summed E-state index contributed by atoms with van der Waals surface area (Å²) in [5.41, 5.74) is 11.2. The highest BCUT2D eigenvalue weighted by atomic mass is 19.1. The summed E-state index contributed by atoms with van der Waals surface area (Å²) < 4.78 is 12.9. The number of halogens is 1. The highest BCUT2D eigenvalue weighted by Crippen LogP contribution is 2.24. The van der Waals surface area contributed by atoms with Gasteiger partial charge in [-0.05, 0) is 24.6 Å². The lowest BCUT2D eigenvalue weighted by Crippen LogP contribution is -2.01. The third kappa shape index (κ3) is 1.48. The van der Waals surface area contributed by atoms with Crippen molar-refractivity contribution in [3.05, 3.63) is 23.5 Å². The van der Waals surface area contributed by atoms with Crippen LogP contribution < -0.4 is 11.5 Å². The van der Waals surface area contributed by atoms with Gasteiger partial charge in [0.2, 0.25) is 0 Å². The molecule has 0 fully saturated rings. The van der Waals surface area contributed by atoms with E-state index in [0.29, 0.717) is 5.56 Å². The zero-order valence-electron chi connectivity index (χ0n) is 6.71. The van der Waals surface area contributed by atoms with Crippen molar-refractivity contribution in [2.45, 2.75) is 13.0 Å². The molecule has 0 spiro atoms. The molecule has 0 aromatic heterocycles. The van der Waals surface area contributed by atoms with E-state index in [-0.39, 0.29) is 11.4 Å². The summed E-state index contributed by atoms with van der Waals surface area (Å²) >= 11 is 0. The monoisotopic (exact) mass is 170 g/mol. The van der Waals surface area contributed by atoms with E-state index in [0.717, 1.165) is 0 Å². The topological polar surface area (TPSA) is 72.3 Å². The van der Waals surface area contributed by atoms with E-state index in [1.807, 2.05) is 0 Å². The molecule has 5 N–H and O–H groups in total. The highest BCUT2D eigenvalue weighted by molar-refractivity contribution is 5.65. The van der Waals surface area contributed by atoms with Gasteiger partial charge in [-0.25, -0.2) is 4.39 Å². The third-order valence-corrected chi connectivity index (χ3v) is 1.67. The Morgan fingerprint density at radius 1 is 1.42 bits per heavy atom. The smallest absolute Gasteiger partial charge is 0.148 e. The average molecular weight is 170 g/mol. The van der Waals surface area contributed by atoms with Crippen LogP contribution in [0.2, 0.25) is 0 Å². The van der Waals surface area contributed by atoms with Crippen molar-refractivity contribution in [2.24, 2.45) is 0 Å². The van der Waals surface area contributed by atoms with Crippen LogP contribution in [-0.4, -0.2) is 5.11 Å². The van der Waals surface area contributed by atoms with Crippen molar-refractivity contribution in [3.8, 4) is 0 Å². The van der Waals surface area contributed by atoms with Crippen molar-refractivity contribution in [3.63, 3.8) is 0 Å². The predicted molar refractivity (Wildman–Crippen MR) is 45.9 cm³/mol. The second-order valence-electron chi connectivity index (χ2n) is 2.68. The molecule has 0 radical (unpaired) electrons. The molecular weight excluding hydrogens is 159 g/mol. The number of nitrogens with two attached hydrogens (primary N) is 2. The average Bonchev–Trinajstić information content (AvgIpc) is 1.99. The summed E-state index contributed by atoms with van der Waals surface area (Å²) in [6.07, 6.45) is -0.734. The molecule has 0 saturated heterocycles. The summed E-state index contributed by atoms with van der Waals surface area (Å²) in [4.78, 5) is 0. The van der Waals surface area contributed by atoms with Gasteiger partial charge in [-0.2, -0.15) is 0 Å². The molecule has 1 atom stereocenters. The summed E-state index contributed by atoms with van der Waals surface area (Å²) in [6, 6.07) is 2.64. The lowest BCUT2D eigenvalue weighted by molar-refractivity contribution is 0.199. The van der Waals surface area contributed by atoms with E-state index in [2.05, 4.69) is 0 Å². The zero-order valence-corrected chi connectivity index (χ0v) is 6.71. The molecule has 1 unspecified atom stereocenters. The number of benzene rings is 1. The van der Waals surface area contributed by atoms with Crippen LogP contribution >= 0.6 is 0 Å². The van der Waals surface area contributed by atoms with Gasteiger partial charge in [0.05, 0.1) is 17.5 Å². The summed E-state index contributed by atoms with van der Waals surface area (Å²) in [6.45, 7) is 1.53. The first-order chi connectivity index (χ1) is 5.52. The van der Waals surface area contributed by atoms with Crippen LogP contribution in [0.3, 0.4) is 0 Å². The molecule has 66 valence electrons. The maximum absolute atomic E-state index is 12.9. The predicted octanol–water partition coefficient (Wildman–Crippen LogP) is 1.04. The number of aliphatic hydroxyl groups is 1. The standard InChI is InChI=1S/C8H11FN2O/c1-4(12)5-2-6(9)8(11)7(10)3-5/h2-4,12H,10-11H2,1H3. The van der Waals surface area contributed by atoms with Gasteiger partial charge in [0.15, 0.2) is 0 Å². The molecule has 0 aliphatic carbocycles.